The summed E-state index contributed by atoms with van der Waals surface area (Å²) in [5.41, 5.74) is -0.00236. The van der Waals surface area contributed by atoms with Crippen molar-refractivity contribution < 1.29 is 18.0 Å². The minimum Gasteiger partial charge on any atom is -0.338 e. The minimum absolute atomic E-state index is 0.0637. The van der Waals surface area contributed by atoms with Crippen molar-refractivity contribution in [3.05, 3.63) is 57.6 Å². The van der Waals surface area contributed by atoms with Crippen molar-refractivity contribution in [2.45, 2.75) is 19.6 Å². The summed E-state index contributed by atoms with van der Waals surface area (Å²) in [6.45, 7) is 1.74. The minimum atomic E-state index is -4.44. The van der Waals surface area contributed by atoms with Gasteiger partial charge in [-0.25, -0.2) is 4.98 Å². The van der Waals surface area contributed by atoms with Gasteiger partial charge >= 0.3 is 6.18 Å². The van der Waals surface area contributed by atoms with E-state index < -0.39 is 11.7 Å². The molecule has 0 bridgehead atoms. The van der Waals surface area contributed by atoms with Gasteiger partial charge in [0.1, 0.15) is 0 Å². The number of halogens is 3. The first-order chi connectivity index (χ1) is 10.8. The first kappa shape index (κ1) is 17.2. The molecule has 2 rings (SSSR count). The van der Waals surface area contributed by atoms with E-state index in [2.05, 4.69) is 4.98 Å². The molecule has 0 saturated carbocycles. The average molecular weight is 340 g/mol. The van der Waals surface area contributed by atoms with Crippen LogP contribution in [0.15, 0.2) is 35.7 Å². The zero-order valence-electron chi connectivity index (χ0n) is 12.6. The van der Waals surface area contributed by atoms with Gasteiger partial charge in [-0.15, -0.1) is 11.3 Å². The molecule has 122 valence electrons. The largest absolute Gasteiger partial charge is 0.416 e. The maximum atomic E-state index is 12.9. The first-order valence-corrected chi connectivity index (χ1v) is 7.66. The van der Waals surface area contributed by atoms with E-state index in [1.807, 2.05) is 6.92 Å². The maximum absolute atomic E-state index is 12.9. The molecule has 0 spiro atoms. The lowest BCUT2D eigenvalue weighted by atomic mass is 10.1. The summed E-state index contributed by atoms with van der Waals surface area (Å²) in [4.78, 5) is 17.4. The maximum Gasteiger partial charge on any atom is 0.416 e. The smallest absolute Gasteiger partial charge is 0.338 e. The number of likely N-dealkylation sites (N-methyl/N-ethyl adjacent to an activating group) is 1. The molecule has 1 aromatic heterocycles. The van der Waals surface area contributed by atoms with Crippen LogP contribution in [-0.4, -0.2) is 22.8 Å². The van der Waals surface area contributed by atoms with Crippen LogP contribution in [0.5, 0.6) is 0 Å². The molecule has 1 amide bonds. The molecule has 0 fully saturated rings. The summed E-state index contributed by atoms with van der Waals surface area (Å²) in [6.07, 6.45) is -1.57. The molecular formula is C16H15F3N2OS. The molecule has 0 atom stereocenters. The van der Waals surface area contributed by atoms with Gasteiger partial charge < -0.3 is 4.90 Å². The highest BCUT2D eigenvalue weighted by molar-refractivity contribution is 7.09. The van der Waals surface area contributed by atoms with Crippen LogP contribution in [0.2, 0.25) is 0 Å². The van der Waals surface area contributed by atoms with Crippen LogP contribution in [-0.2, 0) is 17.5 Å². The monoisotopic (exact) mass is 340 g/mol. The number of carbonyl (C=O) groups excluding carboxylic acids is 1. The molecule has 2 aromatic rings. The van der Waals surface area contributed by atoms with Gasteiger partial charge in [0.15, 0.2) is 0 Å². The van der Waals surface area contributed by atoms with Gasteiger partial charge in [0, 0.05) is 25.0 Å². The third-order valence-electron chi connectivity index (χ3n) is 3.14. The molecule has 1 heterocycles. The Morgan fingerprint density at radius 3 is 2.65 bits per heavy atom. The molecule has 0 saturated heterocycles. The third-order valence-corrected chi connectivity index (χ3v) is 3.93. The molecule has 0 unspecified atom stereocenters. The zero-order chi connectivity index (χ0) is 17.0. The molecule has 0 N–H and O–H groups in total. The van der Waals surface area contributed by atoms with Gasteiger partial charge in [-0.05, 0) is 24.6 Å². The summed E-state index contributed by atoms with van der Waals surface area (Å²) in [6, 6.07) is 5.25. The van der Waals surface area contributed by atoms with E-state index in [9.17, 15) is 18.0 Å². The Kier molecular flexibility index (Phi) is 5.20. The number of nitrogens with zero attached hydrogens (tertiary/aromatic N) is 2. The Balaban J connectivity index is 2.08. The molecule has 1 aromatic carbocycles. The molecule has 0 aliphatic heterocycles. The Morgan fingerprint density at radius 1 is 1.35 bits per heavy atom. The Hall–Kier alpha value is -2.15. The number of aryl methyl sites for hydroxylation is 1. The number of amides is 1. The second-order valence-corrected chi connectivity index (χ2v) is 6.04. The van der Waals surface area contributed by atoms with Crippen molar-refractivity contribution in [1.82, 2.24) is 9.88 Å². The Labute approximate surface area is 136 Å². The van der Waals surface area contributed by atoms with E-state index in [1.54, 1.807) is 11.5 Å². The average Bonchev–Trinajstić information content (AvgIpc) is 2.89. The molecule has 3 nitrogen and oxygen atoms in total. The predicted octanol–water partition coefficient (Wildman–Crippen LogP) is 4.14. The number of aromatic nitrogens is 1. The van der Waals surface area contributed by atoms with Crippen molar-refractivity contribution in [2.75, 3.05) is 7.05 Å². The highest BCUT2D eigenvalue weighted by Crippen LogP contribution is 2.32. The number of rotatable bonds is 4. The quantitative estimate of drug-likeness (QED) is 0.784. The highest BCUT2D eigenvalue weighted by Gasteiger charge is 2.33. The van der Waals surface area contributed by atoms with E-state index in [-0.39, 0.29) is 18.0 Å². The van der Waals surface area contributed by atoms with E-state index in [1.165, 1.54) is 47.6 Å². The standard InChI is InChI=1S/C16H15F3N2OS/c1-11-20-13(10-23-11)7-8-15(22)21(2)9-12-5-3-4-6-14(12)16(17,18)19/h3-8,10H,9H2,1-2H3/b8-7+. The lowest BCUT2D eigenvalue weighted by Crippen LogP contribution is -2.25. The molecular weight excluding hydrogens is 325 g/mol. The molecule has 7 heteroatoms. The molecule has 0 radical (unpaired) electrons. The van der Waals surface area contributed by atoms with E-state index in [0.717, 1.165) is 11.1 Å². The van der Waals surface area contributed by atoms with Gasteiger partial charge in [0.25, 0.3) is 0 Å². The Bertz CT molecular complexity index is 722. The van der Waals surface area contributed by atoms with Crippen LogP contribution in [0.4, 0.5) is 13.2 Å². The van der Waals surface area contributed by atoms with Crippen LogP contribution >= 0.6 is 11.3 Å². The SMILES string of the molecule is Cc1nc(/C=C/C(=O)N(C)Cc2ccccc2C(F)(F)F)cs1. The van der Waals surface area contributed by atoms with Gasteiger partial charge in [-0.1, -0.05) is 18.2 Å². The van der Waals surface area contributed by atoms with E-state index in [4.69, 9.17) is 0 Å². The van der Waals surface area contributed by atoms with Gasteiger partial charge in [-0.2, -0.15) is 13.2 Å². The van der Waals surface area contributed by atoms with Gasteiger partial charge in [0.05, 0.1) is 16.3 Å². The number of carbonyl (C=O) groups is 1. The van der Waals surface area contributed by atoms with Crippen LogP contribution < -0.4 is 0 Å². The van der Waals surface area contributed by atoms with Crippen molar-refractivity contribution in [3.63, 3.8) is 0 Å². The fourth-order valence-electron chi connectivity index (χ4n) is 2.01. The molecule has 0 aliphatic carbocycles. The number of alkyl halides is 3. The van der Waals surface area contributed by atoms with E-state index >= 15 is 0 Å². The van der Waals surface area contributed by atoms with Crippen molar-refractivity contribution in [3.8, 4) is 0 Å². The number of hydrogen-bond acceptors (Lipinski definition) is 3. The number of thiazole rings is 1. The summed E-state index contributed by atoms with van der Waals surface area (Å²) < 4.78 is 38.8. The van der Waals surface area contributed by atoms with Crippen LogP contribution in [0.3, 0.4) is 0 Å². The van der Waals surface area contributed by atoms with Crippen molar-refractivity contribution in [1.29, 1.82) is 0 Å². The van der Waals surface area contributed by atoms with Crippen molar-refractivity contribution >= 4 is 23.3 Å². The molecule has 23 heavy (non-hydrogen) atoms. The third kappa shape index (κ3) is 4.66. The van der Waals surface area contributed by atoms with Gasteiger partial charge in [-0.3, -0.25) is 4.79 Å². The highest BCUT2D eigenvalue weighted by atomic mass is 32.1. The lowest BCUT2D eigenvalue weighted by molar-refractivity contribution is -0.139. The topological polar surface area (TPSA) is 33.2 Å². The number of benzene rings is 1. The first-order valence-electron chi connectivity index (χ1n) is 6.78. The predicted molar refractivity (Wildman–Crippen MR) is 83.8 cm³/mol. The van der Waals surface area contributed by atoms with E-state index in [0.29, 0.717) is 5.69 Å². The second-order valence-electron chi connectivity index (χ2n) is 4.97. The fourth-order valence-corrected chi connectivity index (χ4v) is 2.59. The zero-order valence-corrected chi connectivity index (χ0v) is 13.4. The second kappa shape index (κ2) is 6.95. The fraction of sp³-hybridized carbons (Fsp3) is 0.250. The lowest BCUT2D eigenvalue weighted by Gasteiger charge is -2.18. The van der Waals surface area contributed by atoms with Crippen LogP contribution in [0, 0.1) is 6.92 Å². The summed E-state index contributed by atoms with van der Waals surface area (Å²) in [7, 11) is 1.46. The number of hydrogen-bond donors (Lipinski definition) is 0. The normalized spacial score (nSPS) is 11.9. The summed E-state index contributed by atoms with van der Waals surface area (Å²) in [5.74, 6) is -0.382. The molecule has 0 aliphatic rings. The summed E-state index contributed by atoms with van der Waals surface area (Å²) in [5, 5.41) is 2.68. The van der Waals surface area contributed by atoms with Crippen LogP contribution in [0.25, 0.3) is 6.08 Å². The Morgan fingerprint density at radius 2 is 2.04 bits per heavy atom. The van der Waals surface area contributed by atoms with Crippen LogP contribution in [0.1, 0.15) is 21.8 Å². The summed E-state index contributed by atoms with van der Waals surface area (Å²) >= 11 is 1.46. The van der Waals surface area contributed by atoms with Gasteiger partial charge in [0.2, 0.25) is 5.91 Å². The van der Waals surface area contributed by atoms with Crippen molar-refractivity contribution in [2.24, 2.45) is 0 Å².